The first kappa shape index (κ1) is 30.0. The van der Waals surface area contributed by atoms with E-state index in [2.05, 4.69) is 10.6 Å². The smallest absolute Gasteiger partial charge is 0.240 e. The zero-order valence-electron chi connectivity index (χ0n) is 21.5. The summed E-state index contributed by atoms with van der Waals surface area (Å²) in [6, 6.07) is 7.33. The third kappa shape index (κ3) is 10.7. The number of benzene rings is 1. The van der Waals surface area contributed by atoms with Crippen molar-refractivity contribution >= 4 is 29.4 Å². The summed E-state index contributed by atoms with van der Waals surface area (Å²) in [5, 5.41) is 5.43. The average molecular weight is 516 g/mol. The van der Waals surface area contributed by atoms with Gasteiger partial charge >= 0.3 is 0 Å². The lowest BCUT2D eigenvalue weighted by Gasteiger charge is -2.26. The summed E-state index contributed by atoms with van der Waals surface area (Å²) in [5.41, 5.74) is 17.0. The third-order valence-corrected chi connectivity index (χ3v) is 6.85. The van der Waals surface area contributed by atoms with Gasteiger partial charge in [-0.2, -0.15) is 0 Å². The molecule has 0 aliphatic heterocycles. The number of carbonyl (C=O) groups excluding carboxylic acids is 5. The van der Waals surface area contributed by atoms with Gasteiger partial charge in [-0.05, 0) is 44.2 Å². The Kier molecular flexibility index (Phi) is 12.8. The van der Waals surface area contributed by atoms with Crippen LogP contribution in [-0.2, 0) is 30.4 Å². The second-order valence-corrected chi connectivity index (χ2v) is 9.87. The molecule has 0 unspecified atom stereocenters. The van der Waals surface area contributed by atoms with E-state index in [1.54, 1.807) is 0 Å². The van der Waals surface area contributed by atoms with Crippen LogP contribution >= 0.6 is 0 Å². The normalized spacial score (nSPS) is 16.2. The number of Topliss-reactive ketones (excluding diaryl/α,β-unsaturated/α-hetero) is 1. The van der Waals surface area contributed by atoms with Gasteiger partial charge < -0.3 is 27.8 Å². The Bertz CT molecular complexity index is 917. The van der Waals surface area contributed by atoms with Gasteiger partial charge in [-0.1, -0.05) is 56.0 Å². The minimum atomic E-state index is -1.26. The minimum absolute atomic E-state index is 0.117. The summed E-state index contributed by atoms with van der Waals surface area (Å²) in [6.45, 7) is 0.432. The Morgan fingerprint density at radius 3 is 2.14 bits per heavy atom. The SMILES string of the molecule is NCCCC[C@H](CC(=O)[C@H](Cc1ccccc1)NC(=O)C1CCCCC1)C(=O)N[C@@H](CC(N)=O)C(N)=O. The number of carbonyl (C=O) groups is 5. The van der Waals surface area contributed by atoms with Crippen LogP contribution in [0.3, 0.4) is 0 Å². The number of amides is 4. The van der Waals surface area contributed by atoms with Crippen LogP contribution < -0.4 is 27.8 Å². The molecule has 0 radical (unpaired) electrons. The Balaban J connectivity index is 2.18. The average Bonchev–Trinajstić information content (AvgIpc) is 2.88. The topological polar surface area (TPSA) is 187 Å². The number of nitrogens with one attached hydrogen (secondary N) is 2. The molecule has 1 fully saturated rings. The molecule has 1 aliphatic carbocycles. The van der Waals surface area contributed by atoms with E-state index in [1.807, 2.05) is 30.3 Å². The van der Waals surface area contributed by atoms with Gasteiger partial charge in [0.05, 0.1) is 12.5 Å². The molecule has 8 N–H and O–H groups in total. The molecule has 0 aromatic heterocycles. The highest BCUT2D eigenvalue weighted by atomic mass is 16.2. The molecule has 4 amide bonds. The number of rotatable bonds is 16. The van der Waals surface area contributed by atoms with E-state index < -0.39 is 42.1 Å². The van der Waals surface area contributed by atoms with Crippen molar-refractivity contribution in [2.24, 2.45) is 29.0 Å². The monoisotopic (exact) mass is 515 g/mol. The number of hydrogen-bond donors (Lipinski definition) is 5. The second kappa shape index (κ2) is 15.8. The summed E-state index contributed by atoms with van der Waals surface area (Å²) in [6.07, 6.45) is 6.04. The first-order valence-corrected chi connectivity index (χ1v) is 13.2. The summed E-state index contributed by atoms with van der Waals surface area (Å²) in [5.74, 6) is -3.53. The van der Waals surface area contributed by atoms with Crippen LogP contribution in [0.25, 0.3) is 0 Å². The first-order valence-electron chi connectivity index (χ1n) is 13.2. The van der Waals surface area contributed by atoms with Gasteiger partial charge in [0, 0.05) is 18.3 Å². The maximum absolute atomic E-state index is 13.5. The molecule has 10 nitrogen and oxygen atoms in total. The van der Waals surface area contributed by atoms with Gasteiger partial charge in [-0.15, -0.1) is 0 Å². The lowest BCUT2D eigenvalue weighted by Crippen LogP contribution is -2.50. The fourth-order valence-electron chi connectivity index (χ4n) is 4.71. The molecule has 1 saturated carbocycles. The van der Waals surface area contributed by atoms with E-state index in [0.29, 0.717) is 32.2 Å². The third-order valence-electron chi connectivity index (χ3n) is 6.85. The van der Waals surface area contributed by atoms with Gasteiger partial charge in [0.25, 0.3) is 0 Å². The van der Waals surface area contributed by atoms with Crippen molar-refractivity contribution < 1.29 is 24.0 Å². The molecule has 0 heterocycles. The van der Waals surface area contributed by atoms with Crippen LogP contribution in [0.2, 0.25) is 0 Å². The number of hydrogen-bond acceptors (Lipinski definition) is 6. The lowest BCUT2D eigenvalue weighted by atomic mass is 9.87. The number of ketones is 1. The highest BCUT2D eigenvalue weighted by Crippen LogP contribution is 2.24. The summed E-state index contributed by atoms with van der Waals surface area (Å²) < 4.78 is 0. The first-order chi connectivity index (χ1) is 17.7. The van der Waals surface area contributed by atoms with Crippen LogP contribution in [0.5, 0.6) is 0 Å². The molecule has 204 valence electrons. The van der Waals surface area contributed by atoms with Gasteiger partial charge in [0.2, 0.25) is 23.6 Å². The zero-order valence-corrected chi connectivity index (χ0v) is 21.5. The van der Waals surface area contributed by atoms with Gasteiger partial charge in [-0.25, -0.2) is 0 Å². The van der Waals surface area contributed by atoms with Crippen LogP contribution in [0.15, 0.2) is 30.3 Å². The fraction of sp³-hybridized carbons (Fsp3) is 0.593. The van der Waals surface area contributed by atoms with E-state index >= 15 is 0 Å². The number of primary amides is 2. The Hall–Kier alpha value is -3.27. The van der Waals surface area contributed by atoms with Crippen LogP contribution in [0.4, 0.5) is 0 Å². The van der Waals surface area contributed by atoms with Gasteiger partial charge in [0.15, 0.2) is 5.78 Å². The van der Waals surface area contributed by atoms with Crippen molar-refractivity contribution in [3.63, 3.8) is 0 Å². The molecular weight excluding hydrogens is 474 g/mol. The standard InChI is InChI=1S/C27H41N5O5/c28-14-8-7-13-20(27(37)32-22(25(30)35)17-24(29)34)16-23(33)21(15-18-9-3-1-4-10-18)31-26(36)19-11-5-2-6-12-19/h1,3-4,9-10,19-22H,2,5-8,11-17,28H2,(H2,29,34)(H2,30,35)(H,31,36)(H,32,37)/t20-,21+,22+/m1/s1. The van der Waals surface area contributed by atoms with Crippen LogP contribution in [-0.4, -0.2) is 48.0 Å². The van der Waals surface area contributed by atoms with Gasteiger partial charge in [0.1, 0.15) is 6.04 Å². The summed E-state index contributed by atoms with van der Waals surface area (Å²) in [7, 11) is 0. The highest BCUT2D eigenvalue weighted by molar-refractivity contribution is 5.95. The van der Waals surface area contributed by atoms with Crippen molar-refractivity contribution in [3.8, 4) is 0 Å². The Labute approximate surface area is 218 Å². The van der Waals surface area contributed by atoms with Crippen molar-refractivity contribution in [3.05, 3.63) is 35.9 Å². The van der Waals surface area contributed by atoms with E-state index in [-0.39, 0.29) is 24.0 Å². The Morgan fingerprint density at radius 2 is 1.54 bits per heavy atom. The zero-order chi connectivity index (χ0) is 27.2. The van der Waals surface area contributed by atoms with E-state index in [1.165, 1.54) is 0 Å². The van der Waals surface area contributed by atoms with Crippen molar-refractivity contribution in [2.45, 2.75) is 82.7 Å². The Morgan fingerprint density at radius 1 is 0.865 bits per heavy atom. The quantitative estimate of drug-likeness (QED) is 0.203. The fourth-order valence-corrected chi connectivity index (χ4v) is 4.71. The highest BCUT2D eigenvalue weighted by Gasteiger charge is 2.31. The van der Waals surface area contributed by atoms with E-state index in [9.17, 15) is 24.0 Å². The van der Waals surface area contributed by atoms with Crippen molar-refractivity contribution in [2.75, 3.05) is 6.54 Å². The van der Waals surface area contributed by atoms with E-state index in [0.717, 1.165) is 37.7 Å². The summed E-state index contributed by atoms with van der Waals surface area (Å²) >= 11 is 0. The predicted octanol–water partition coefficient (Wildman–Crippen LogP) is 0.844. The minimum Gasteiger partial charge on any atom is -0.370 e. The van der Waals surface area contributed by atoms with Gasteiger partial charge in [-0.3, -0.25) is 24.0 Å². The van der Waals surface area contributed by atoms with Crippen molar-refractivity contribution in [1.82, 2.24) is 10.6 Å². The number of nitrogens with two attached hydrogens (primary N) is 3. The molecule has 3 atom stereocenters. The molecule has 1 aromatic rings. The maximum Gasteiger partial charge on any atom is 0.240 e. The predicted molar refractivity (Wildman–Crippen MR) is 140 cm³/mol. The largest absolute Gasteiger partial charge is 0.370 e. The lowest BCUT2D eigenvalue weighted by molar-refractivity contribution is -0.135. The van der Waals surface area contributed by atoms with Crippen LogP contribution in [0, 0.1) is 11.8 Å². The maximum atomic E-state index is 13.5. The summed E-state index contributed by atoms with van der Waals surface area (Å²) in [4.78, 5) is 62.6. The molecular formula is C27H41N5O5. The second-order valence-electron chi connectivity index (χ2n) is 9.87. The van der Waals surface area contributed by atoms with Crippen molar-refractivity contribution in [1.29, 1.82) is 0 Å². The molecule has 2 rings (SSSR count). The molecule has 10 heteroatoms. The molecule has 0 spiro atoms. The molecule has 0 saturated heterocycles. The van der Waals surface area contributed by atoms with E-state index in [4.69, 9.17) is 17.2 Å². The molecule has 1 aromatic carbocycles. The number of unbranched alkanes of at least 4 members (excludes halogenated alkanes) is 1. The van der Waals surface area contributed by atoms with Crippen LogP contribution in [0.1, 0.15) is 69.8 Å². The molecule has 0 bridgehead atoms. The molecule has 37 heavy (non-hydrogen) atoms. The molecule has 1 aliphatic rings.